The molecule has 0 aliphatic carbocycles. The Labute approximate surface area is 107 Å². The topological polar surface area (TPSA) is 46.6 Å². The number of hydrogen-bond donors (Lipinski definition) is 0. The third-order valence-electron chi connectivity index (χ3n) is 2.88. The predicted octanol–water partition coefficient (Wildman–Crippen LogP) is 1.79. The molecule has 0 amide bonds. The third-order valence-corrected chi connectivity index (χ3v) is 4.76. The Balaban J connectivity index is 2.83. The van der Waals surface area contributed by atoms with E-state index in [2.05, 4.69) is 0 Å². The summed E-state index contributed by atoms with van der Waals surface area (Å²) in [5.41, 5.74) is 0.750. The van der Waals surface area contributed by atoms with Crippen LogP contribution in [0.25, 0.3) is 0 Å². The van der Waals surface area contributed by atoms with Gasteiger partial charge in [-0.05, 0) is 24.6 Å². The molecule has 0 N–H and O–H groups in total. The van der Waals surface area contributed by atoms with E-state index in [1.165, 1.54) is 30.6 Å². The number of nitrogens with zero attached hydrogens (tertiary/aromatic N) is 1. The van der Waals surface area contributed by atoms with Crippen molar-refractivity contribution >= 4 is 10.0 Å². The van der Waals surface area contributed by atoms with Crippen molar-refractivity contribution in [2.75, 3.05) is 26.5 Å². The van der Waals surface area contributed by atoms with Crippen LogP contribution in [0.1, 0.15) is 18.5 Å². The van der Waals surface area contributed by atoms with Gasteiger partial charge in [-0.3, -0.25) is 0 Å². The van der Waals surface area contributed by atoms with Crippen LogP contribution in [0.2, 0.25) is 0 Å². The van der Waals surface area contributed by atoms with Gasteiger partial charge >= 0.3 is 0 Å². The Morgan fingerprint density at radius 3 is 2.39 bits per heavy atom. The summed E-state index contributed by atoms with van der Waals surface area (Å²) in [6, 6.07) is 5.47. The fourth-order valence-corrected chi connectivity index (χ4v) is 2.79. The normalized spacial score (nSPS) is 13.8. The summed E-state index contributed by atoms with van der Waals surface area (Å²) >= 11 is 0. The van der Waals surface area contributed by atoms with Crippen LogP contribution in [0.5, 0.6) is 0 Å². The quantitative estimate of drug-likeness (QED) is 0.795. The van der Waals surface area contributed by atoms with E-state index in [0.717, 1.165) is 5.56 Å². The molecule has 0 spiro atoms. The van der Waals surface area contributed by atoms with Crippen LogP contribution in [0, 0.1) is 5.82 Å². The second kappa shape index (κ2) is 6.26. The summed E-state index contributed by atoms with van der Waals surface area (Å²) in [5.74, 6) is -0.401. The van der Waals surface area contributed by atoms with Gasteiger partial charge < -0.3 is 4.74 Å². The lowest BCUT2D eigenvalue weighted by molar-refractivity contribution is 0.215. The van der Waals surface area contributed by atoms with Crippen molar-refractivity contribution in [1.82, 2.24) is 4.31 Å². The van der Waals surface area contributed by atoms with Gasteiger partial charge in [-0.15, -0.1) is 0 Å². The number of sulfonamides is 1. The molecule has 0 saturated heterocycles. The lowest BCUT2D eigenvalue weighted by atomic mass is 10.1. The molecule has 1 rings (SSSR count). The summed E-state index contributed by atoms with van der Waals surface area (Å²) in [7, 11) is -0.395. The van der Waals surface area contributed by atoms with E-state index in [4.69, 9.17) is 4.74 Å². The van der Waals surface area contributed by atoms with E-state index in [9.17, 15) is 12.8 Å². The Kier molecular flexibility index (Phi) is 5.25. The maximum Gasteiger partial charge on any atom is 0.216 e. The molecular formula is C12H18FNO3S. The highest BCUT2D eigenvalue weighted by atomic mass is 32.2. The van der Waals surface area contributed by atoms with Crippen LogP contribution in [0.15, 0.2) is 24.3 Å². The lowest BCUT2D eigenvalue weighted by Crippen LogP contribution is -2.33. The number of ether oxygens (including phenoxy) is 1. The minimum absolute atomic E-state index is 0.0640. The Hall–Kier alpha value is -0.980. The molecule has 0 heterocycles. The summed E-state index contributed by atoms with van der Waals surface area (Å²) in [5, 5.41) is 0. The van der Waals surface area contributed by atoms with Gasteiger partial charge in [0.2, 0.25) is 10.0 Å². The molecule has 1 aromatic carbocycles. The monoisotopic (exact) mass is 275 g/mol. The Morgan fingerprint density at radius 1 is 1.33 bits per heavy atom. The van der Waals surface area contributed by atoms with E-state index >= 15 is 0 Å². The van der Waals surface area contributed by atoms with Crippen LogP contribution in [-0.4, -0.2) is 39.2 Å². The molecule has 18 heavy (non-hydrogen) atoms. The fourth-order valence-electron chi connectivity index (χ4n) is 1.52. The van der Waals surface area contributed by atoms with Crippen molar-refractivity contribution in [2.24, 2.45) is 0 Å². The van der Waals surface area contributed by atoms with Crippen molar-refractivity contribution in [3.8, 4) is 0 Å². The summed E-state index contributed by atoms with van der Waals surface area (Å²) < 4.78 is 42.7. The van der Waals surface area contributed by atoms with Crippen molar-refractivity contribution in [1.29, 1.82) is 0 Å². The highest BCUT2D eigenvalue weighted by molar-refractivity contribution is 7.89. The van der Waals surface area contributed by atoms with Crippen LogP contribution in [0.4, 0.5) is 4.39 Å². The van der Waals surface area contributed by atoms with Crippen LogP contribution in [-0.2, 0) is 14.8 Å². The zero-order valence-electron chi connectivity index (χ0n) is 10.8. The Morgan fingerprint density at radius 2 is 1.89 bits per heavy atom. The standard InChI is InChI=1S/C12H18FNO3S/c1-10(11-4-6-12(13)7-5-11)14(2)18(15,16)9-8-17-3/h4-7,10H,8-9H2,1-3H3. The maximum atomic E-state index is 12.8. The third kappa shape index (κ3) is 3.76. The molecule has 0 fully saturated rings. The van der Waals surface area contributed by atoms with E-state index < -0.39 is 10.0 Å². The molecule has 0 aliphatic heterocycles. The van der Waals surface area contributed by atoms with Gasteiger partial charge in [0.1, 0.15) is 5.82 Å². The fraction of sp³-hybridized carbons (Fsp3) is 0.500. The predicted molar refractivity (Wildman–Crippen MR) is 68.2 cm³/mol. The second-order valence-electron chi connectivity index (χ2n) is 4.05. The number of methoxy groups -OCH3 is 1. The minimum atomic E-state index is -3.37. The second-order valence-corrected chi connectivity index (χ2v) is 6.20. The zero-order chi connectivity index (χ0) is 13.8. The van der Waals surface area contributed by atoms with E-state index in [0.29, 0.717) is 0 Å². The molecule has 6 heteroatoms. The highest BCUT2D eigenvalue weighted by Crippen LogP contribution is 2.21. The molecule has 0 aliphatic rings. The number of rotatable bonds is 6. The van der Waals surface area contributed by atoms with Gasteiger partial charge in [0.25, 0.3) is 0 Å². The first kappa shape index (κ1) is 15.1. The Bertz CT molecular complexity index is 473. The van der Waals surface area contributed by atoms with Gasteiger partial charge in [-0.1, -0.05) is 12.1 Å². The average molecular weight is 275 g/mol. The largest absolute Gasteiger partial charge is 0.384 e. The summed E-state index contributed by atoms with van der Waals surface area (Å²) in [4.78, 5) is 0. The molecule has 0 radical (unpaired) electrons. The molecule has 1 aromatic rings. The molecule has 0 aromatic heterocycles. The van der Waals surface area contributed by atoms with E-state index in [-0.39, 0.29) is 24.2 Å². The van der Waals surface area contributed by atoms with Gasteiger partial charge in [0.05, 0.1) is 12.4 Å². The van der Waals surface area contributed by atoms with Crippen molar-refractivity contribution in [3.05, 3.63) is 35.6 Å². The first-order valence-corrected chi connectivity index (χ1v) is 7.19. The first-order chi connectivity index (χ1) is 8.38. The molecule has 1 unspecified atom stereocenters. The average Bonchev–Trinajstić information content (AvgIpc) is 2.35. The summed E-state index contributed by atoms with van der Waals surface area (Å²) in [6.07, 6.45) is 0. The van der Waals surface area contributed by atoms with Crippen LogP contribution in [0.3, 0.4) is 0 Å². The van der Waals surface area contributed by atoms with Crippen molar-refractivity contribution in [2.45, 2.75) is 13.0 Å². The number of hydrogen-bond acceptors (Lipinski definition) is 3. The van der Waals surface area contributed by atoms with Gasteiger partial charge in [-0.25, -0.2) is 12.8 Å². The molecule has 102 valence electrons. The minimum Gasteiger partial charge on any atom is -0.384 e. The highest BCUT2D eigenvalue weighted by Gasteiger charge is 2.23. The maximum absolute atomic E-state index is 12.8. The first-order valence-electron chi connectivity index (χ1n) is 5.58. The van der Waals surface area contributed by atoms with Gasteiger partial charge in [0.15, 0.2) is 0 Å². The number of halogens is 1. The van der Waals surface area contributed by atoms with E-state index in [1.54, 1.807) is 19.1 Å². The zero-order valence-corrected chi connectivity index (χ0v) is 11.6. The van der Waals surface area contributed by atoms with Crippen LogP contribution < -0.4 is 0 Å². The lowest BCUT2D eigenvalue weighted by Gasteiger charge is -2.24. The summed E-state index contributed by atoms with van der Waals surface area (Å²) in [6.45, 7) is 1.92. The number of benzene rings is 1. The van der Waals surface area contributed by atoms with Gasteiger partial charge in [0, 0.05) is 20.2 Å². The molecule has 4 nitrogen and oxygen atoms in total. The van der Waals surface area contributed by atoms with E-state index in [1.807, 2.05) is 0 Å². The molecule has 1 atom stereocenters. The van der Waals surface area contributed by atoms with Crippen molar-refractivity contribution in [3.63, 3.8) is 0 Å². The van der Waals surface area contributed by atoms with Crippen molar-refractivity contribution < 1.29 is 17.5 Å². The SMILES string of the molecule is COCCS(=O)(=O)N(C)C(C)c1ccc(F)cc1. The van der Waals surface area contributed by atoms with Gasteiger partial charge in [-0.2, -0.15) is 4.31 Å². The smallest absolute Gasteiger partial charge is 0.216 e. The molecule has 0 bridgehead atoms. The molecular weight excluding hydrogens is 257 g/mol. The molecule has 0 saturated carbocycles. The van der Waals surface area contributed by atoms with Crippen LogP contribution >= 0.6 is 0 Å².